The minimum Gasteiger partial charge on any atom is -0.462 e. The molecule has 0 aromatic heterocycles. The molecule has 13 atom stereocenters. The van der Waals surface area contributed by atoms with E-state index in [1.165, 1.54) is 6.92 Å². The maximum absolute atomic E-state index is 14.9. The number of benzene rings is 3. The van der Waals surface area contributed by atoms with Gasteiger partial charge < -0.3 is 78.3 Å². The number of amides is 3. The van der Waals surface area contributed by atoms with Crippen LogP contribution in [0, 0.1) is 0 Å². The number of hydrogen-bond acceptors (Lipinski definition) is 22. The van der Waals surface area contributed by atoms with Gasteiger partial charge in [0, 0.05) is 47.5 Å². The molecule has 2 heterocycles. The number of aliphatic hydroxyl groups is 2. The molecule has 6 rings (SSSR count). The predicted molar refractivity (Wildman–Crippen MR) is 282 cm³/mol. The van der Waals surface area contributed by atoms with E-state index in [1.807, 2.05) is 48.5 Å². The van der Waals surface area contributed by atoms with E-state index in [9.17, 15) is 53.4 Å². The second-order valence-electron chi connectivity index (χ2n) is 20.9. The van der Waals surface area contributed by atoms with Gasteiger partial charge in [-0.2, -0.15) is 0 Å². The average Bonchev–Trinajstić information content (AvgIpc) is 3.81. The fourth-order valence-electron chi connectivity index (χ4n) is 9.81. The highest BCUT2D eigenvalue weighted by Crippen LogP contribution is 2.45. The molecule has 25 nitrogen and oxygen atoms in total. The lowest BCUT2D eigenvalue weighted by molar-refractivity contribution is -0.335. The zero-order valence-corrected chi connectivity index (χ0v) is 47.1. The maximum atomic E-state index is 14.9. The molecule has 2 saturated heterocycles. The third kappa shape index (κ3) is 16.8. The molecule has 3 aromatic rings. The van der Waals surface area contributed by atoms with Crippen LogP contribution in [0.1, 0.15) is 98.3 Å². The molecule has 0 unspecified atom stereocenters. The number of alkyl carbamates (subject to hydrolysis) is 1. The fourth-order valence-corrected chi connectivity index (χ4v) is 9.81. The van der Waals surface area contributed by atoms with Crippen LogP contribution in [-0.2, 0) is 97.1 Å². The first-order valence-electron chi connectivity index (χ1n) is 26.4. The third-order valence-corrected chi connectivity index (χ3v) is 13.2. The van der Waals surface area contributed by atoms with Crippen LogP contribution in [0.25, 0.3) is 11.1 Å². The fraction of sp³-hybridized carbons (Fsp3) is 0.526. The Hall–Kier alpha value is -7.55. The summed E-state index contributed by atoms with van der Waals surface area (Å²) >= 11 is 0. The molecule has 3 aliphatic rings. The molecule has 0 spiro atoms. The quantitative estimate of drug-likeness (QED) is 0.0713. The van der Waals surface area contributed by atoms with Crippen LogP contribution < -0.4 is 16.0 Å². The Kier molecular flexibility index (Phi) is 21.7. The number of fused-ring (bicyclic) bond motifs is 3. The highest BCUT2D eigenvalue weighted by Gasteiger charge is 2.60. The largest absolute Gasteiger partial charge is 0.462 e. The molecule has 0 bridgehead atoms. The number of carbonyl (C=O) groups excluding carboxylic acids is 9. The van der Waals surface area contributed by atoms with Gasteiger partial charge in [-0.25, -0.2) is 14.4 Å². The minimum atomic E-state index is -2.85. The van der Waals surface area contributed by atoms with Crippen molar-refractivity contribution >= 4 is 53.7 Å². The highest BCUT2D eigenvalue weighted by molar-refractivity contribution is 5.83. The number of aliphatic hydroxyl groups excluding tert-OH is 2. The molecule has 5 N–H and O–H groups in total. The summed E-state index contributed by atoms with van der Waals surface area (Å²) in [5, 5.41) is 31.2. The molecule has 446 valence electrons. The third-order valence-electron chi connectivity index (χ3n) is 13.2. The van der Waals surface area contributed by atoms with Gasteiger partial charge in [-0.3, -0.25) is 28.8 Å². The maximum Gasteiger partial charge on any atom is 0.407 e. The van der Waals surface area contributed by atoms with Gasteiger partial charge in [0.1, 0.15) is 62.0 Å². The average molecular weight is 1150 g/mol. The lowest BCUT2D eigenvalue weighted by Gasteiger charge is -2.49. The first-order valence-corrected chi connectivity index (χ1v) is 26.4. The molecule has 3 aromatic carbocycles. The predicted octanol–water partition coefficient (Wildman–Crippen LogP) is 2.70. The van der Waals surface area contributed by atoms with E-state index >= 15 is 0 Å². The van der Waals surface area contributed by atoms with E-state index in [2.05, 4.69) is 16.0 Å². The summed E-state index contributed by atoms with van der Waals surface area (Å²) in [6.45, 7) is 10.0. The second kappa shape index (κ2) is 27.9. The standard InChI is InChI=1S/C57H71N3O22/c1-29(45(52(69)82-56(8,9)10)60-55(71)74-26-41-39-22-16-14-20-37(39)38-21-15-17-23-40(38)41)76-53-47(59-31(3)62)49(68)48(67)43(80-53)28-75-57(54(70)73-25-36-18-12-11-13-19-36)24-42(77-33(5)64)46(58-30(2)61)51(81-57)50(79-35(7)66)44(78-34(6)65)27-72-32(4)63/h11-23,29,41-51,53,67-68H,24-28H2,1-10H3,(H,58,61)(H,59,62)(H,60,71)/t29-,42+,43-,44-,45-,46+,47-,48+,49+,50-,51+,53-,57+/m0/s1. The van der Waals surface area contributed by atoms with Gasteiger partial charge >= 0.3 is 41.9 Å². The van der Waals surface area contributed by atoms with E-state index in [-0.39, 0.29) is 12.5 Å². The Morgan fingerprint density at radius 1 is 0.695 bits per heavy atom. The Bertz CT molecular complexity index is 2740. The van der Waals surface area contributed by atoms with E-state index < -0.39 is 165 Å². The van der Waals surface area contributed by atoms with E-state index in [1.54, 1.807) is 51.1 Å². The molecular formula is C57H71N3O22. The van der Waals surface area contributed by atoms with Crippen LogP contribution in [0.5, 0.6) is 0 Å². The van der Waals surface area contributed by atoms with Crippen molar-refractivity contribution in [2.45, 2.75) is 173 Å². The smallest absolute Gasteiger partial charge is 0.407 e. The lowest BCUT2D eigenvalue weighted by atomic mass is 9.87. The molecule has 2 aliphatic heterocycles. The number of ether oxygens (including phenoxy) is 11. The number of carbonyl (C=O) groups is 9. The Labute approximate surface area is 473 Å². The van der Waals surface area contributed by atoms with E-state index in [0.29, 0.717) is 5.56 Å². The van der Waals surface area contributed by atoms with Crippen molar-refractivity contribution < 1.29 is 105 Å². The summed E-state index contributed by atoms with van der Waals surface area (Å²) in [6.07, 6.45) is -18.2. The van der Waals surface area contributed by atoms with Gasteiger partial charge in [-0.1, -0.05) is 78.9 Å². The number of nitrogens with one attached hydrogen (secondary N) is 3. The molecule has 0 radical (unpaired) electrons. The van der Waals surface area contributed by atoms with E-state index in [0.717, 1.165) is 63.8 Å². The second-order valence-corrected chi connectivity index (χ2v) is 20.9. The Balaban J connectivity index is 1.35. The van der Waals surface area contributed by atoms with Crippen LogP contribution >= 0.6 is 0 Å². The number of esters is 6. The molecule has 3 amide bonds. The summed E-state index contributed by atoms with van der Waals surface area (Å²) in [5.41, 5.74) is 3.16. The van der Waals surface area contributed by atoms with Crippen molar-refractivity contribution in [1.29, 1.82) is 0 Å². The summed E-state index contributed by atoms with van der Waals surface area (Å²) < 4.78 is 64.7. The monoisotopic (exact) mass is 1150 g/mol. The first kappa shape index (κ1) is 63.6. The van der Waals surface area contributed by atoms with Crippen LogP contribution in [0.3, 0.4) is 0 Å². The lowest BCUT2D eigenvalue weighted by Crippen LogP contribution is -2.70. The van der Waals surface area contributed by atoms with Gasteiger partial charge in [-0.15, -0.1) is 0 Å². The van der Waals surface area contributed by atoms with Crippen LogP contribution in [0.15, 0.2) is 78.9 Å². The molecular weight excluding hydrogens is 1080 g/mol. The van der Waals surface area contributed by atoms with Crippen LogP contribution in [0.4, 0.5) is 4.79 Å². The topological polar surface area (TPSA) is 332 Å². The molecule has 1 aliphatic carbocycles. The van der Waals surface area contributed by atoms with Gasteiger partial charge in [0.15, 0.2) is 24.5 Å². The summed E-state index contributed by atoms with van der Waals surface area (Å²) in [6, 6.07) is 18.8. The van der Waals surface area contributed by atoms with Crippen molar-refractivity contribution in [2.75, 3.05) is 19.8 Å². The van der Waals surface area contributed by atoms with Crippen molar-refractivity contribution in [3.05, 3.63) is 95.6 Å². The SMILES string of the molecule is CC(=O)N[C@@H]1[C@@H](O[C@@H](C)[C@H](NC(=O)OCC2c3ccccc3-c3ccccc32)C(=O)OC(C)(C)C)O[C@@H](CO[C@]2(C(=O)OCc3ccccc3)C[C@@H](OC(C)=O)[C@@H](NC(C)=O)[C@H]([C@@H](OC(C)=O)[C@H](COC(C)=O)OC(C)=O)O2)[C@@H](O)[C@@H]1O. The molecule has 2 fully saturated rings. The Morgan fingerprint density at radius 2 is 1.28 bits per heavy atom. The first-order chi connectivity index (χ1) is 38.7. The Morgan fingerprint density at radius 3 is 1.84 bits per heavy atom. The van der Waals surface area contributed by atoms with Crippen LogP contribution in [-0.4, -0.2) is 168 Å². The van der Waals surface area contributed by atoms with Gasteiger partial charge in [0.25, 0.3) is 5.79 Å². The van der Waals surface area contributed by atoms with Crippen molar-refractivity contribution in [3.63, 3.8) is 0 Å². The highest BCUT2D eigenvalue weighted by atomic mass is 16.8. The van der Waals surface area contributed by atoms with Crippen molar-refractivity contribution in [2.24, 2.45) is 0 Å². The van der Waals surface area contributed by atoms with Gasteiger partial charge in [0.2, 0.25) is 11.8 Å². The zero-order valence-electron chi connectivity index (χ0n) is 47.1. The number of hydrogen-bond donors (Lipinski definition) is 5. The van der Waals surface area contributed by atoms with Crippen LogP contribution in [0.2, 0.25) is 0 Å². The zero-order chi connectivity index (χ0) is 60.2. The summed E-state index contributed by atoms with van der Waals surface area (Å²) in [4.78, 5) is 119. The molecule has 82 heavy (non-hydrogen) atoms. The summed E-state index contributed by atoms with van der Waals surface area (Å²) in [5.74, 6) is -10.9. The van der Waals surface area contributed by atoms with Crippen molar-refractivity contribution in [1.82, 2.24) is 16.0 Å². The normalized spacial score (nSPS) is 24.5. The number of rotatable bonds is 22. The molecule has 0 saturated carbocycles. The van der Waals surface area contributed by atoms with Gasteiger partial charge in [0.05, 0.1) is 25.2 Å². The molecule has 25 heteroatoms. The van der Waals surface area contributed by atoms with Crippen molar-refractivity contribution in [3.8, 4) is 11.1 Å². The van der Waals surface area contributed by atoms with E-state index in [4.69, 9.17) is 52.1 Å². The minimum absolute atomic E-state index is 0.134. The van der Waals surface area contributed by atoms with Gasteiger partial charge in [-0.05, 0) is 55.5 Å². The summed E-state index contributed by atoms with van der Waals surface area (Å²) in [7, 11) is 0.